The van der Waals surface area contributed by atoms with Gasteiger partial charge >= 0.3 is 0 Å². The number of aromatic nitrogens is 3. The highest BCUT2D eigenvalue weighted by molar-refractivity contribution is 5.97. The summed E-state index contributed by atoms with van der Waals surface area (Å²) >= 11 is 0. The molecule has 4 aromatic rings. The average molecular weight is 475 g/mol. The quantitative estimate of drug-likeness (QED) is 0.344. The summed E-state index contributed by atoms with van der Waals surface area (Å²) in [5.41, 5.74) is 9.16. The Morgan fingerprint density at radius 2 is 1.71 bits per heavy atom. The Morgan fingerprint density at radius 3 is 2.37 bits per heavy atom. The number of anilines is 2. The molecule has 1 amide bonds. The van der Waals surface area contributed by atoms with Crippen LogP contribution in [0.3, 0.4) is 0 Å². The number of hydrogen-bond acceptors (Lipinski definition) is 7. The fourth-order valence-electron chi connectivity index (χ4n) is 3.26. The van der Waals surface area contributed by atoms with Gasteiger partial charge in [-0.1, -0.05) is 24.3 Å². The van der Waals surface area contributed by atoms with E-state index in [4.69, 9.17) is 15.5 Å². The summed E-state index contributed by atoms with van der Waals surface area (Å²) in [7, 11) is 0. The van der Waals surface area contributed by atoms with Crippen molar-refractivity contribution in [1.82, 2.24) is 15.0 Å². The summed E-state index contributed by atoms with van der Waals surface area (Å²) in [6.45, 7) is 6.03. The van der Waals surface area contributed by atoms with Crippen molar-refractivity contribution in [2.45, 2.75) is 32.9 Å². The number of rotatable bonds is 8. The average Bonchev–Trinajstić information content (AvgIpc) is 2.83. The highest BCUT2D eigenvalue weighted by Crippen LogP contribution is 2.27. The Balaban J connectivity index is 1.58. The van der Waals surface area contributed by atoms with Crippen LogP contribution in [0.1, 0.15) is 26.3 Å². The van der Waals surface area contributed by atoms with Gasteiger partial charge in [0.2, 0.25) is 17.7 Å². The third kappa shape index (κ3) is 5.88. The van der Waals surface area contributed by atoms with Gasteiger partial charge in [-0.3, -0.25) is 4.79 Å². The molecule has 35 heavy (non-hydrogen) atoms. The first kappa shape index (κ1) is 24.0. The van der Waals surface area contributed by atoms with Crippen LogP contribution in [0.15, 0.2) is 60.7 Å². The van der Waals surface area contributed by atoms with E-state index in [1.807, 2.05) is 31.2 Å². The standard InChI is InChI=1S/C26H27FN6O2/c1-4-35-23-22-21(32-25(33-23)29-15-16-5-9-18(27)10-6-16)14-13-20(31-22)17-7-11-19(12-8-17)30-24(34)26(2,3)28/h5-14H,4,15,28H2,1-3H3,(H,30,34)(H,29,32,33). The Kier molecular flexibility index (Phi) is 6.88. The van der Waals surface area contributed by atoms with E-state index < -0.39 is 5.54 Å². The molecule has 4 rings (SSSR count). The summed E-state index contributed by atoms with van der Waals surface area (Å²) in [6, 6.07) is 17.3. The van der Waals surface area contributed by atoms with Gasteiger partial charge in [0, 0.05) is 17.8 Å². The van der Waals surface area contributed by atoms with Gasteiger partial charge in [0.1, 0.15) is 5.82 Å². The third-order valence-corrected chi connectivity index (χ3v) is 5.18. The van der Waals surface area contributed by atoms with Gasteiger partial charge in [-0.25, -0.2) is 14.4 Å². The molecule has 2 heterocycles. The Morgan fingerprint density at radius 1 is 1.00 bits per heavy atom. The molecule has 0 bridgehead atoms. The number of fused-ring (bicyclic) bond motifs is 1. The second-order valence-corrected chi connectivity index (χ2v) is 8.58. The number of nitrogens with one attached hydrogen (secondary N) is 2. The topological polar surface area (TPSA) is 115 Å². The number of nitrogens with zero attached hydrogens (tertiary/aromatic N) is 3. The lowest BCUT2D eigenvalue weighted by Gasteiger charge is -2.17. The third-order valence-electron chi connectivity index (χ3n) is 5.18. The van der Waals surface area contributed by atoms with Gasteiger partial charge in [-0.2, -0.15) is 4.98 Å². The summed E-state index contributed by atoms with van der Waals surface area (Å²) in [4.78, 5) is 25.9. The zero-order valence-corrected chi connectivity index (χ0v) is 19.8. The molecule has 9 heteroatoms. The molecule has 2 aromatic heterocycles. The second kappa shape index (κ2) is 10.0. The van der Waals surface area contributed by atoms with Crippen molar-refractivity contribution >= 4 is 28.6 Å². The molecule has 8 nitrogen and oxygen atoms in total. The van der Waals surface area contributed by atoms with Crippen LogP contribution in [0.5, 0.6) is 5.88 Å². The van der Waals surface area contributed by atoms with E-state index in [9.17, 15) is 9.18 Å². The molecule has 0 fully saturated rings. The van der Waals surface area contributed by atoms with Crippen LogP contribution in [0.25, 0.3) is 22.3 Å². The smallest absolute Gasteiger partial charge is 0.245 e. The van der Waals surface area contributed by atoms with E-state index in [1.165, 1.54) is 12.1 Å². The fourth-order valence-corrected chi connectivity index (χ4v) is 3.26. The van der Waals surface area contributed by atoms with Gasteiger partial charge < -0.3 is 21.1 Å². The van der Waals surface area contributed by atoms with Crippen LogP contribution >= 0.6 is 0 Å². The maximum atomic E-state index is 13.1. The van der Waals surface area contributed by atoms with Crippen molar-refractivity contribution < 1.29 is 13.9 Å². The van der Waals surface area contributed by atoms with Crippen molar-refractivity contribution in [1.29, 1.82) is 0 Å². The maximum absolute atomic E-state index is 13.1. The van der Waals surface area contributed by atoms with E-state index in [0.717, 1.165) is 11.1 Å². The van der Waals surface area contributed by atoms with Crippen LogP contribution in [0, 0.1) is 5.82 Å². The van der Waals surface area contributed by atoms with Gasteiger partial charge in [-0.15, -0.1) is 0 Å². The molecule has 0 radical (unpaired) electrons. The minimum Gasteiger partial charge on any atom is -0.476 e. The largest absolute Gasteiger partial charge is 0.476 e. The molecule has 4 N–H and O–H groups in total. The fraction of sp³-hybridized carbons (Fsp3) is 0.231. The van der Waals surface area contributed by atoms with Crippen molar-refractivity contribution in [3.63, 3.8) is 0 Å². The van der Waals surface area contributed by atoms with E-state index in [2.05, 4.69) is 20.6 Å². The van der Waals surface area contributed by atoms with Crippen LogP contribution in [0.2, 0.25) is 0 Å². The monoisotopic (exact) mass is 474 g/mol. The second-order valence-electron chi connectivity index (χ2n) is 8.58. The molecule has 0 unspecified atom stereocenters. The highest BCUT2D eigenvalue weighted by Gasteiger charge is 2.21. The van der Waals surface area contributed by atoms with E-state index >= 15 is 0 Å². The lowest BCUT2D eigenvalue weighted by atomic mass is 10.1. The molecule has 0 aliphatic carbocycles. The van der Waals surface area contributed by atoms with Gasteiger partial charge in [0.05, 0.1) is 23.4 Å². The zero-order chi connectivity index (χ0) is 25.0. The van der Waals surface area contributed by atoms with Gasteiger partial charge in [0.25, 0.3) is 0 Å². The van der Waals surface area contributed by atoms with Crippen LogP contribution in [0.4, 0.5) is 16.0 Å². The molecule has 0 saturated heterocycles. The van der Waals surface area contributed by atoms with E-state index in [-0.39, 0.29) is 11.7 Å². The zero-order valence-electron chi connectivity index (χ0n) is 19.8. The summed E-state index contributed by atoms with van der Waals surface area (Å²) in [5.74, 6) is 0.212. The Labute approximate surface area is 202 Å². The van der Waals surface area contributed by atoms with Crippen molar-refractivity contribution in [2.75, 3.05) is 17.2 Å². The van der Waals surface area contributed by atoms with Crippen molar-refractivity contribution in [3.05, 3.63) is 72.0 Å². The Bertz CT molecular complexity index is 1340. The molecule has 0 aliphatic rings. The van der Waals surface area contributed by atoms with Gasteiger partial charge in [0.15, 0.2) is 5.52 Å². The minimum absolute atomic E-state index is 0.267. The lowest BCUT2D eigenvalue weighted by Crippen LogP contribution is -2.45. The molecular weight excluding hydrogens is 447 g/mol. The number of halogens is 1. The van der Waals surface area contributed by atoms with Crippen LogP contribution in [-0.4, -0.2) is 33.0 Å². The minimum atomic E-state index is -0.971. The number of nitrogens with two attached hydrogens (primary N) is 1. The van der Waals surface area contributed by atoms with Gasteiger partial charge in [-0.05, 0) is 62.7 Å². The lowest BCUT2D eigenvalue weighted by molar-refractivity contribution is -0.120. The van der Waals surface area contributed by atoms with Crippen molar-refractivity contribution in [2.24, 2.45) is 5.73 Å². The molecule has 0 saturated carbocycles. The predicted molar refractivity (Wildman–Crippen MR) is 135 cm³/mol. The number of benzene rings is 2. The van der Waals surface area contributed by atoms with Crippen LogP contribution in [-0.2, 0) is 11.3 Å². The summed E-state index contributed by atoms with van der Waals surface area (Å²) < 4.78 is 18.9. The highest BCUT2D eigenvalue weighted by atomic mass is 19.1. The SMILES string of the molecule is CCOc1nc(NCc2ccc(F)cc2)nc2ccc(-c3ccc(NC(=O)C(C)(C)N)cc3)nc12. The summed E-state index contributed by atoms with van der Waals surface area (Å²) in [6.07, 6.45) is 0. The first-order valence-electron chi connectivity index (χ1n) is 11.2. The number of hydrogen-bond donors (Lipinski definition) is 3. The first-order valence-corrected chi connectivity index (χ1v) is 11.2. The Hall–Kier alpha value is -4.11. The number of carbonyl (C=O) groups is 1. The normalized spacial score (nSPS) is 11.3. The predicted octanol–water partition coefficient (Wildman–Crippen LogP) is 4.52. The molecule has 0 atom stereocenters. The number of ether oxygens (including phenoxy) is 1. The number of pyridine rings is 1. The molecular formula is C26H27FN6O2. The van der Waals surface area contributed by atoms with E-state index in [1.54, 1.807) is 38.1 Å². The van der Waals surface area contributed by atoms with Crippen LogP contribution < -0.4 is 21.1 Å². The molecule has 2 aromatic carbocycles. The maximum Gasteiger partial charge on any atom is 0.245 e. The van der Waals surface area contributed by atoms with E-state index in [0.29, 0.717) is 47.4 Å². The molecule has 0 aliphatic heterocycles. The van der Waals surface area contributed by atoms with Crippen molar-refractivity contribution in [3.8, 4) is 17.1 Å². The number of amides is 1. The summed E-state index contributed by atoms with van der Waals surface area (Å²) in [5, 5.41) is 5.95. The molecule has 0 spiro atoms. The first-order chi connectivity index (χ1) is 16.7. The molecule has 180 valence electrons. The number of carbonyl (C=O) groups excluding carboxylic acids is 1.